The minimum atomic E-state index is -1.05. The van der Waals surface area contributed by atoms with Gasteiger partial charge in [-0.05, 0) is 36.8 Å². The number of phenols is 4. The van der Waals surface area contributed by atoms with Gasteiger partial charge < -0.3 is 25.2 Å². The van der Waals surface area contributed by atoms with Crippen LogP contribution in [0.4, 0.5) is 0 Å². The van der Waals surface area contributed by atoms with Gasteiger partial charge in [-0.2, -0.15) is 0 Å². The first-order valence-corrected chi connectivity index (χ1v) is 6.48. The highest BCUT2D eigenvalue weighted by atomic mass is 16.5. The van der Waals surface area contributed by atoms with E-state index >= 15 is 0 Å². The zero-order valence-corrected chi connectivity index (χ0v) is 12.3. The Morgan fingerprint density at radius 3 is 1.78 bits per heavy atom. The first-order chi connectivity index (χ1) is 10.8. The van der Waals surface area contributed by atoms with Crippen molar-refractivity contribution in [3.8, 4) is 23.0 Å². The number of aromatic hydroxyl groups is 4. The Morgan fingerprint density at radius 1 is 0.826 bits per heavy atom. The van der Waals surface area contributed by atoms with Gasteiger partial charge in [0.05, 0.1) is 12.7 Å². The lowest BCUT2D eigenvalue weighted by atomic mass is 9.94. The van der Waals surface area contributed by atoms with Crippen molar-refractivity contribution in [3.05, 3.63) is 46.5 Å². The van der Waals surface area contributed by atoms with Crippen molar-refractivity contribution in [2.45, 2.75) is 6.92 Å². The molecule has 0 aliphatic heterocycles. The van der Waals surface area contributed by atoms with Crippen LogP contribution in [0.3, 0.4) is 0 Å². The zero-order valence-electron chi connectivity index (χ0n) is 12.3. The molecule has 0 saturated carbocycles. The molecule has 0 saturated heterocycles. The fraction of sp³-hybridized carbons (Fsp3) is 0.125. The summed E-state index contributed by atoms with van der Waals surface area (Å²) in [6.07, 6.45) is 0. The lowest BCUT2D eigenvalue weighted by Crippen LogP contribution is -2.12. The number of hydrogen-bond donors (Lipinski definition) is 4. The van der Waals surface area contributed by atoms with Crippen molar-refractivity contribution in [1.29, 1.82) is 0 Å². The number of benzene rings is 2. The molecular formula is C16H14O7. The van der Waals surface area contributed by atoms with E-state index in [0.29, 0.717) is 5.56 Å². The van der Waals surface area contributed by atoms with Crippen molar-refractivity contribution in [1.82, 2.24) is 0 Å². The summed E-state index contributed by atoms with van der Waals surface area (Å²) in [6.45, 7) is 1.60. The molecule has 0 heterocycles. The van der Waals surface area contributed by atoms with Crippen LogP contribution in [0.2, 0.25) is 0 Å². The monoisotopic (exact) mass is 318 g/mol. The summed E-state index contributed by atoms with van der Waals surface area (Å²) < 4.78 is 4.49. The van der Waals surface area contributed by atoms with E-state index in [1.54, 1.807) is 6.92 Å². The topological polar surface area (TPSA) is 124 Å². The Morgan fingerprint density at radius 2 is 1.30 bits per heavy atom. The van der Waals surface area contributed by atoms with E-state index in [-0.39, 0.29) is 0 Å². The van der Waals surface area contributed by atoms with Gasteiger partial charge in [0.25, 0.3) is 0 Å². The number of hydrogen-bond acceptors (Lipinski definition) is 7. The maximum absolute atomic E-state index is 12.6. The van der Waals surface area contributed by atoms with Gasteiger partial charge in [0.2, 0.25) is 5.78 Å². The molecule has 0 radical (unpaired) electrons. The molecule has 7 nitrogen and oxygen atoms in total. The number of methoxy groups -OCH3 is 1. The number of esters is 1. The molecule has 0 bridgehead atoms. The molecule has 0 atom stereocenters. The molecule has 0 amide bonds. The standard InChI is InChI=1S/C16H14O7/c1-7-5-10(19)12(11(20)6-7)15(21)13-8(17)3-4-9(18)14(13)16(22)23-2/h3-6,17-20H,1-2H3. The zero-order chi connectivity index (χ0) is 17.3. The van der Waals surface area contributed by atoms with Crippen LogP contribution in [0.1, 0.15) is 31.8 Å². The first kappa shape index (κ1) is 16.2. The Balaban J connectivity index is 2.75. The van der Waals surface area contributed by atoms with Crippen LogP contribution in [0.25, 0.3) is 0 Å². The van der Waals surface area contributed by atoms with E-state index in [9.17, 15) is 30.0 Å². The van der Waals surface area contributed by atoms with Crippen molar-refractivity contribution < 1.29 is 34.8 Å². The number of carbonyl (C=O) groups is 2. The van der Waals surface area contributed by atoms with Crippen LogP contribution < -0.4 is 0 Å². The first-order valence-electron chi connectivity index (χ1n) is 6.48. The molecule has 0 aliphatic rings. The lowest BCUT2D eigenvalue weighted by Gasteiger charge is -2.13. The minimum absolute atomic E-state index is 0.498. The van der Waals surface area contributed by atoms with Crippen molar-refractivity contribution in [2.24, 2.45) is 0 Å². The van der Waals surface area contributed by atoms with E-state index in [1.807, 2.05) is 0 Å². The van der Waals surface area contributed by atoms with Crippen LogP contribution in [-0.4, -0.2) is 39.3 Å². The third-order valence-electron chi connectivity index (χ3n) is 3.25. The van der Waals surface area contributed by atoms with E-state index in [0.717, 1.165) is 19.2 Å². The second-order valence-corrected chi connectivity index (χ2v) is 4.85. The van der Waals surface area contributed by atoms with Crippen LogP contribution in [-0.2, 0) is 4.74 Å². The number of ether oxygens (including phenoxy) is 1. The van der Waals surface area contributed by atoms with Crippen molar-refractivity contribution in [3.63, 3.8) is 0 Å². The third kappa shape index (κ3) is 2.76. The summed E-state index contributed by atoms with van der Waals surface area (Å²) in [6, 6.07) is 4.51. The van der Waals surface area contributed by atoms with Gasteiger partial charge in [-0.1, -0.05) is 0 Å². The lowest BCUT2D eigenvalue weighted by molar-refractivity contribution is 0.0593. The summed E-state index contributed by atoms with van der Waals surface area (Å²) in [5.74, 6) is -4.31. The molecule has 2 aromatic carbocycles. The average Bonchev–Trinajstić information content (AvgIpc) is 2.47. The second kappa shape index (κ2) is 5.88. The Labute approximate surface area is 131 Å². The summed E-state index contributed by atoms with van der Waals surface area (Å²) in [5.41, 5.74) is -1.13. The maximum atomic E-state index is 12.6. The summed E-state index contributed by atoms with van der Waals surface area (Å²) in [5, 5.41) is 39.6. The summed E-state index contributed by atoms with van der Waals surface area (Å²) in [7, 11) is 1.04. The predicted molar refractivity (Wildman–Crippen MR) is 79.1 cm³/mol. The van der Waals surface area contributed by atoms with Crippen LogP contribution >= 0.6 is 0 Å². The molecular weight excluding hydrogens is 304 g/mol. The number of phenolic OH excluding ortho intramolecular Hbond substituents is 4. The van der Waals surface area contributed by atoms with Gasteiger partial charge in [-0.15, -0.1) is 0 Å². The van der Waals surface area contributed by atoms with Crippen molar-refractivity contribution in [2.75, 3.05) is 7.11 Å². The quantitative estimate of drug-likeness (QED) is 0.386. The average molecular weight is 318 g/mol. The largest absolute Gasteiger partial charge is 0.507 e. The van der Waals surface area contributed by atoms with Crippen LogP contribution in [0.5, 0.6) is 23.0 Å². The smallest absolute Gasteiger partial charge is 0.342 e. The van der Waals surface area contributed by atoms with Crippen LogP contribution in [0.15, 0.2) is 24.3 Å². The third-order valence-corrected chi connectivity index (χ3v) is 3.25. The number of carbonyl (C=O) groups excluding carboxylic acids is 2. The Hall–Kier alpha value is -3.22. The number of rotatable bonds is 3. The van der Waals surface area contributed by atoms with E-state index in [2.05, 4.69) is 4.74 Å². The SMILES string of the molecule is COC(=O)c1c(O)ccc(O)c1C(=O)c1c(O)cc(C)cc1O. The molecule has 2 aromatic rings. The maximum Gasteiger partial charge on any atom is 0.342 e. The van der Waals surface area contributed by atoms with Crippen LogP contribution in [0, 0.1) is 6.92 Å². The van der Waals surface area contributed by atoms with E-state index in [4.69, 9.17) is 0 Å². The van der Waals surface area contributed by atoms with Gasteiger partial charge in [-0.3, -0.25) is 4.79 Å². The summed E-state index contributed by atoms with van der Waals surface area (Å²) >= 11 is 0. The van der Waals surface area contributed by atoms with Gasteiger partial charge in [0.15, 0.2) is 0 Å². The highest BCUT2D eigenvalue weighted by Gasteiger charge is 2.29. The summed E-state index contributed by atoms with van der Waals surface area (Å²) in [4.78, 5) is 24.4. The Kier molecular flexibility index (Phi) is 4.13. The molecule has 4 N–H and O–H groups in total. The molecule has 0 spiro atoms. The fourth-order valence-electron chi connectivity index (χ4n) is 2.23. The molecule has 2 rings (SSSR count). The molecule has 0 fully saturated rings. The number of aryl methyl sites for hydroxylation is 1. The molecule has 0 unspecified atom stereocenters. The predicted octanol–water partition coefficient (Wildman–Crippen LogP) is 1.84. The normalized spacial score (nSPS) is 10.3. The highest BCUT2D eigenvalue weighted by Crippen LogP contribution is 2.36. The second-order valence-electron chi connectivity index (χ2n) is 4.85. The van der Waals surface area contributed by atoms with Gasteiger partial charge in [-0.25, -0.2) is 4.79 Å². The Bertz CT molecular complexity index is 785. The van der Waals surface area contributed by atoms with E-state index < -0.39 is 51.4 Å². The molecule has 0 aromatic heterocycles. The van der Waals surface area contributed by atoms with Gasteiger partial charge in [0.1, 0.15) is 34.1 Å². The minimum Gasteiger partial charge on any atom is -0.507 e. The molecule has 0 aliphatic carbocycles. The molecule has 23 heavy (non-hydrogen) atoms. The van der Waals surface area contributed by atoms with Gasteiger partial charge >= 0.3 is 5.97 Å². The fourth-order valence-corrected chi connectivity index (χ4v) is 2.23. The molecule has 7 heteroatoms. The highest BCUT2D eigenvalue weighted by molar-refractivity contribution is 6.19. The van der Waals surface area contributed by atoms with Crippen molar-refractivity contribution >= 4 is 11.8 Å². The number of ketones is 1. The van der Waals surface area contributed by atoms with E-state index in [1.165, 1.54) is 12.1 Å². The van der Waals surface area contributed by atoms with Gasteiger partial charge in [0, 0.05) is 0 Å². The molecule has 120 valence electrons.